The number of rotatable bonds is 5. The van der Waals surface area contributed by atoms with Gasteiger partial charge in [0.1, 0.15) is 0 Å². The van der Waals surface area contributed by atoms with Crippen LogP contribution < -0.4 is 5.73 Å². The van der Waals surface area contributed by atoms with Crippen LogP contribution in [0.15, 0.2) is 36.7 Å². The lowest BCUT2D eigenvalue weighted by molar-refractivity contribution is 0.356. The summed E-state index contributed by atoms with van der Waals surface area (Å²) < 4.78 is 8.72. The van der Waals surface area contributed by atoms with E-state index in [2.05, 4.69) is 41.3 Å². The van der Waals surface area contributed by atoms with E-state index in [0.29, 0.717) is 35.8 Å². The van der Waals surface area contributed by atoms with E-state index in [4.69, 9.17) is 9.92 Å². The highest BCUT2D eigenvalue weighted by Crippen LogP contribution is 2.22. The molecule has 3 aromatic heterocycles. The van der Waals surface area contributed by atoms with Crippen molar-refractivity contribution < 1.29 is 4.18 Å². The second-order valence-electron chi connectivity index (χ2n) is 5.00. The minimum atomic E-state index is 0.276. The second-order valence-corrected chi connectivity index (χ2v) is 6.44. The maximum atomic E-state index is 6.07. The van der Waals surface area contributed by atoms with E-state index < -0.39 is 0 Å². The van der Waals surface area contributed by atoms with Crippen LogP contribution in [0.1, 0.15) is 0 Å². The van der Waals surface area contributed by atoms with Crippen LogP contribution in [-0.4, -0.2) is 35.7 Å². The Hall–Kier alpha value is -1.92. The van der Waals surface area contributed by atoms with Gasteiger partial charge in [0.15, 0.2) is 22.6 Å². The molecule has 3 heterocycles. The Bertz CT molecular complexity index is 1000. The summed E-state index contributed by atoms with van der Waals surface area (Å²) in [6, 6.07) is 9.74. The van der Waals surface area contributed by atoms with Gasteiger partial charge in [0.05, 0.1) is 28.7 Å². The van der Waals surface area contributed by atoms with E-state index in [1.165, 1.54) is 13.7 Å². The third-order valence-electron chi connectivity index (χ3n) is 3.56. The van der Waals surface area contributed by atoms with E-state index in [0.717, 1.165) is 5.56 Å². The van der Waals surface area contributed by atoms with Gasteiger partial charge in [0.25, 0.3) is 0 Å². The predicted octanol–water partition coefficient (Wildman–Crippen LogP) is 2.74. The van der Waals surface area contributed by atoms with Crippen LogP contribution in [0.4, 0.5) is 5.95 Å². The van der Waals surface area contributed by atoms with Crippen molar-refractivity contribution in [3.05, 3.63) is 36.7 Å². The number of nitrogen functional groups attached to an aromatic ring is 1. The number of imidazole rings is 1. The molecule has 0 aliphatic heterocycles. The molecule has 0 radical (unpaired) electrons. The molecule has 0 aliphatic carbocycles. The Morgan fingerprint density at radius 2 is 2.00 bits per heavy atom. The lowest BCUT2D eigenvalue weighted by Gasteiger charge is -2.03. The minimum absolute atomic E-state index is 0.276. The Kier molecular flexibility index (Phi) is 4.24. The Morgan fingerprint density at radius 3 is 2.79 bits per heavy atom. The maximum Gasteiger partial charge on any atom is 0.225 e. The molecule has 0 aliphatic rings. The third kappa shape index (κ3) is 2.70. The van der Waals surface area contributed by atoms with E-state index in [1.54, 1.807) is 6.33 Å². The molecule has 0 unspecified atom stereocenters. The summed E-state index contributed by atoms with van der Waals surface area (Å²) in [5.74, 6) is 0.869. The van der Waals surface area contributed by atoms with Crippen LogP contribution in [0.3, 0.4) is 0 Å². The van der Waals surface area contributed by atoms with Crippen LogP contribution in [0.5, 0.6) is 0 Å². The topological polar surface area (TPSA) is 96.1 Å². The fraction of sp³-hybridized carbons (Fsp3) is 0.143. The number of nitrogens with two attached hydrogens (primary N) is 1. The molecule has 0 atom stereocenters. The van der Waals surface area contributed by atoms with Gasteiger partial charge < -0.3 is 14.5 Å². The first-order valence-corrected chi connectivity index (χ1v) is 10.4. The van der Waals surface area contributed by atoms with Crippen LogP contribution in [-0.2, 0) is 10.7 Å². The van der Waals surface area contributed by atoms with Crippen LogP contribution in [0.25, 0.3) is 28.2 Å². The van der Waals surface area contributed by atoms with Crippen molar-refractivity contribution in [3.63, 3.8) is 0 Å². The van der Waals surface area contributed by atoms with Gasteiger partial charge in [0.2, 0.25) is 5.95 Å². The molecule has 0 spiro atoms. The summed E-state index contributed by atoms with van der Waals surface area (Å²) in [5.41, 5.74) is 8.92. The number of aromatic nitrogens is 6. The van der Waals surface area contributed by atoms with E-state index in [1.807, 2.05) is 34.9 Å². The first-order valence-electron chi connectivity index (χ1n) is 7.10. The van der Waals surface area contributed by atoms with Crippen molar-refractivity contribution in [1.82, 2.24) is 29.1 Å². The van der Waals surface area contributed by atoms with Crippen molar-refractivity contribution in [3.8, 4) is 11.4 Å². The molecule has 0 bridgehead atoms. The zero-order valence-corrected chi connectivity index (χ0v) is 15.3. The molecular formula is C14H12IN7OS. The van der Waals surface area contributed by atoms with Gasteiger partial charge in [-0.05, 0) is 0 Å². The average molecular weight is 453 g/mol. The van der Waals surface area contributed by atoms with Gasteiger partial charge in [-0.1, -0.05) is 30.3 Å². The maximum absolute atomic E-state index is 6.07. The molecule has 0 fully saturated rings. The van der Waals surface area contributed by atoms with Crippen molar-refractivity contribution in [1.29, 1.82) is 0 Å². The molecule has 1 aromatic carbocycles. The first-order chi connectivity index (χ1) is 11.8. The lowest BCUT2D eigenvalue weighted by Crippen LogP contribution is -2.06. The zero-order valence-electron chi connectivity index (χ0n) is 12.3. The molecule has 4 rings (SSSR count). The quantitative estimate of drug-likeness (QED) is 0.282. The summed E-state index contributed by atoms with van der Waals surface area (Å²) in [6.07, 6.45) is 1.72. The van der Waals surface area contributed by atoms with Gasteiger partial charge in [-0.15, -0.1) is 5.10 Å². The molecule has 2 N–H and O–H groups in total. The number of hydrogen-bond donors (Lipinski definition) is 1. The molecule has 0 amide bonds. The second kappa shape index (κ2) is 6.53. The number of anilines is 1. The summed E-state index contributed by atoms with van der Waals surface area (Å²) in [4.78, 5) is 13.5. The predicted molar refractivity (Wildman–Crippen MR) is 101 cm³/mol. The summed E-state index contributed by atoms with van der Waals surface area (Å²) in [6.45, 7) is 1.18. The molecule has 4 aromatic rings. The third-order valence-corrected chi connectivity index (χ3v) is 4.58. The highest BCUT2D eigenvalue weighted by molar-refractivity contribution is 14.2. The van der Waals surface area contributed by atoms with Crippen LogP contribution in [0, 0.1) is 0 Å². The molecule has 0 saturated heterocycles. The fourth-order valence-corrected chi connectivity index (χ4v) is 3.15. The van der Waals surface area contributed by atoms with E-state index >= 15 is 0 Å². The molecule has 10 heteroatoms. The summed E-state index contributed by atoms with van der Waals surface area (Å²) in [5, 5.41) is 4.46. The Balaban J connectivity index is 1.84. The van der Waals surface area contributed by atoms with E-state index in [-0.39, 0.29) is 5.95 Å². The summed E-state index contributed by atoms with van der Waals surface area (Å²) in [7, 11) is 1.30. The fourth-order valence-electron chi connectivity index (χ4n) is 2.47. The van der Waals surface area contributed by atoms with Gasteiger partial charge in [-0.25, -0.2) is 9.97 Å². The highest BCUT2D eigenvalue weighted by Gasteiger charge is 2.16. The van der Waals surface area contributed by atoms with Gasteiger partial charge in [-0.2, -0.15) is 9.50 Å². The van der Waals surface area contributed by atoms with Crippen molar-refractivity contribution in [2.24, 2.45) is 0 Å². The molecule has 24 heavy (non-hydrogen) atoms. The monoisotopic (exact) mass is 453 g/mol. The van der Waals surface area contributed by atoms with Gasteiger partial charge in [0, 0.05) is 26.8 Å². The van der Waals surface area contributed by atoms with Crippen LogP contribution >= 0.6 is 30.4 Å². The number of nitrogens with zero attached hydrogens (tertiary/aromatic N) is 6. The molecule has 122 valence electrons. The van der Waals surface area contributed by atoms with Gasteiger partial charge in [-0.3, -0.25) is 0 Å². The SMILES string of the molecule is Nc1nc2c(ncn2CCOSI)c2nc(-c3ccccc3)nn12. The zero-order chi connectivity index (χ0) is 16.5. The number of fused-ring (bicyclic) bond motifs is 3. The number of halogens is 1. The largest absolute Gasteiger partial charge is 0.368 e. The lowest BCUT2D eigenvalue weighted by atomic mass is 10.2. The smallest absolute Gasteiger partial charge is 0.225 e. The van der Waals surface area contributed by atoms with Gasteiger partial charge >= 0.3 is 0 Å². The van der Waals surface area contributed by atoms with Crippen LogP contribution in [0.2, 0.25) is 0 Å². The normalized spacial score (nSPS) is 11.5. The minimum Gasteiger partial charge on any atom is -0.368 e. The van der Waals surface area contributed by atoms with E-state index in [9.17, 15) is 0 Å². The highest BCUT2D eigenvalue weighted by atomic mass is 127. The molecule has 8 nitrogen and oxygen atoms in total. The number of hydrogen-bond acceptors (Lipinski definition) is 7. The van der Waals surface area contributed by atoms with Crippen molar-refractivity contribution in [2.45, 2.75) is 6.54 Å². The Morgan fingerprint density at radius 1 is 1.17 bits per heavy atom. The van der Waals surface area contributed by atoms with Crippen molar-refractivity contribution >= 4 is 53.2 Å². The molecular weight excluding hydrogens is 441 g/mol. The molecule has 0 saturated carbocycles. The number of benzene rings is 1. The van der Waals surface area contributed by atoms with Crippen molar-refractivity contribution in [2.75, 3.05) is 12.3 Å². The summed E-state index contributed by atoms with van der Waals surface area (Å²) >= 11 is 2.08. The first kappa shape index (κ1) is 15.6. The Labute approximate surface area is 153 Å². The standard InChI is InChI=1S/C14H12IN7OS/c15-24-23-7-6-21-8-17-10-12(21)19-14(16)22-13(10)18-11(20-22)9-4-2-1-3-5-9/h1-5,8H,6-7H2,(H2,16,19). The average Bonchev–Trinajstić information content (AvgIpc) is 3.21.